The number of aliphatic hydroxyl groups is 1. The summed E-state index contributed by atoms with van der Waals surface area (Å²) in [4.78, 5) is 55.5. The third kappa shape index (κ3) is 12.1. The van der Waals surface area contributed by atoms with Crippen molar-refractivity contribution >= 4 is 69.1 Å². The lowest BCUT2D eigenvalue weighted by molar-refractivity contribution is -0.126. The number of aryl methyl sites for hydroxylation is 4. The van der Waals surface area contributed by atoms with Crippen molar-refractivity contribution < 1.29 is 38.1 Å². The monoisotopic (exact) mass is 975 g/mol. The first-order chi connectivity index (χ1) is 33.9. The van der Waals surface area contributed by atoms with Gasteiger partial charge in [-0.1, -0.05) is 43.1 Å². The first kappa shape index (κ1) is 52.8. The SMILES string of the molecule is CCCC(C(=O)NC=O)c1cc2cc(OCC=O)ccc2nc1C.CO.Cc1nn(C)c(C)c1-c1c(Cl)ccc2c(CCCOc3cccc4cc(F)ccc34)c(C=O)n(CCN3CCN(C)CC3)c12. The number of carbonyl (C=O) groups excluding carboxylic acids is 4. The molecule has 16 heteroatoms. The molecular weight excluding hydrogens is 913 g/mol. The lowest BCUT2D eigenvalue weighted by Crippen LogP contribution is -2.45. The summed E-state index contributed by atoms with van der Waals surface area (Å²) in [5.74, 6) is 0.261. The number of nitrogens with one attached hydrogen (secondary N) is 1. The van der Waals surface area contributed by atoms with Gasteiger partial charge < -0.3 is 24.0 Å². The maximum atomic E-state index is 13.8. The number of aromatic nitrogens is 4. The predicted molar refractivity (Wildman–Crippen MR) is 274 cm³/mol. The molecule has 1 saturated heterocycles. The van der Waals surface area contributed by atoms with Crippen molar-refractivity contribution in [3.8, 4) is 22.6 Å². The lowest BCUT2D eigenvalue weighted by Gasteiger charge is -2.32. The maximum absolute atomic E-state index is 13.8. The molecule has 0 spiro atoms. The Morgan fingerprint density at radius 3 is 2.33 bits per heavy atom. The second kappa shape index (κ2) is 24.9. The summed E-state index contributed by atoms with van der Waals surface area (Å²) in [5.41, 5.74) is 8.89. The Kier molecular flexibility index (Phi) is 18.8. The maximum Gasteiger partial charge on any atom is 0.233 e. The average Bonchev–Trinajstić information content (AvgIpc) is 3.80. The number of aldehydes is 2. The topological polar surface area (TPSA) is 161 Å². The third-order valence-corrected chi connectivity index (χ3v) is 13.2. The Morgan fingerprint density at radius 2 is 1.64 bits per heavy atom. The molecule has 0 saturated carbocycles. The highest BCUT2D eigenvalue weighted by Crippen LogP contribution is 2.42. The summed E-state index contributed by atoms with van der Waals surface area (Å²) in [7, 11) is 5.10. The van der Waals surface area contributed by atoms with Crippen LogP contribution in [0.2, 0.25) is 5.02 Å². The fourth-order valence-corrected chi connectivity index (χ4v) is 9.57. The van der Waals surface area contributed by atoms with Crippen LogP contribution < -0.4 is 14.8 Å². The van der Waals surface area contributed by atoms with E-state index in [1.165, 1.54) is 12.1 Å². The number of rotatable bonds is 18. The van der Waals surface area contributed by atoms with Crippen LogP contribution in [-0.2, 0) is 34.4 Å². The molecule has 0 aliphatic carbocycles. The molecule has 2 amide bonds. The fraction of sp³-hybridized carbons (Fsp3) is 0.370. The highest BCUT2D eigenvalue weighted by atomic mass is 35.5. The molecule has 4 heterocycles. The van der Waals surface area contributed by atoms with E-state index in [1.807, 2.05) is 68.9 Å². The van der Waals surface area contributed by atoms with Gasteiger partial charge in [-0.3, -0.25) is 39.1 Å². The highest BCUT2D eigenvalue weighted by molar-refractivity contribution is 6.35. The van der Waals surface area contributed by atoms with Gasteiger partial charge in [0.1, 0.15) is 23.9 Å². The van der Waals surface area contributed by atoms with Crippen molar-refractivity contribution in [2.75, 3.05) is 60.1 Å². The van der Waals surface area contributed by atoms with Gasteiger partial charge in [0.25, 0.3) is 0 Å². The molecule has 7 aromatic rings. The summed E-state index contributed by atoms with van der Waals surface area (Å²) in [6.07, 6.45) is 4.88. The molecule has 4 aromatic carbocycles. The molecule has 2 N–H and O–H groups in total. The van der Waals surface area contributed by atoms with E-state index in [4.69, 9.17) is 26.2 Å². The van der Waals surface area contributed by atoms with Gasteiger partial charge in [-0.15, -0.1) is 0 Å². The molecular formula is C54H63ClFN7O7. The van der Waals surface area contributed by atoms with Crippen molar-refractivity contribution in [3.05, 3.63) is 118 Å². The molecule has 1 fully saturated rings. The Bertz CT molecular complexity index is 2960. The second-order valence-electron chi connectivity index (χ2n) is 17.3. The molecule has 14 nitrogen and oxygen atoms in total. The Hall–Kier alpha value is -6.52. The number of piperazine rings is 1. The van der Waals surface area contributed by atoms with Gasteiger partial charge in [0.05, 0.1) is 40.0 Å². The molecule has 8 rings (SSSR count). The number of amides is 2. The van der Waals surface area contributed by atoms with Crippen molar-refractivity contribution in [1.29, 1.82) is 0 Å². The standard InChI is InChI=1S/C35H39ClFN5O2.C18H20N2O4.CH4O/c1-23-33(24(2)40(4)38-23)34-30(36)13-12-29-28(8-6-20-44-32-9-5-7-25-21-26(37)10-11-27(25)32)31(22-43)42(35(29)34)19-18-41-16-14-39(3)15-17-41;1-3-4-15(18(23)19-11-22)16-10-13-9-14(24-8-7-21)5-6-17(13)20-12(16)2;1-2/h5,7,9-13,21-22H,6,8,14-20H2,1-4H3;5-7,9-11,15H,3-4,8H2,1-2H3,(H,19,22,23);2H,1H3. The minimum absolute atomic E-state index is 0.0160. The third-order valence-electron chi connectivity index (χ3n) is 12.9. The molecule has 1 aliphatic rings. The van der Waals surface area contributed by atoms with Crippen LogP contribution >= 0.6 is 11.6 Å². The van der Waals surface area contributed by atoms with Gasteiger partial charge in [-0.05, 0) is 118 Å². The molecule has 3 aromatic heterocycles. The molecule has 1 aliphatic heterocycles. The van der Waals surface area contributed by atoms with E-state index in [1.54, 1.807) is 18.2 Å². The smallest absolute Gasteiger partial charge is 0.233 e. The number of ether oxygens (including phenoxy) is 2. The minimum atomic E-state index is -0.434. The zero-order valence-electron chi connectivity index (χ0n) is 41.1. The van der Waals surface area contributed by atoms with Crippen LogP contribution in [0.25, 0.3) is 43.7 Å². The number of fused-ring (bicyclic) bond motifs is 3. The van der Waals surface area contributed by atoms with Crippen LogP contribution in [0.1, 0.15) is 70.8 Å². The number of aliphatic hydroxyl groups excluding tert-OH is 1. The Labute approximate surface area is 413 Å². The zero-order valence-corrected chi connectivity index (χ0v) is 41.8. The number of halogens is 2. The zero-order chi connectivity index (χ0) is 50.5. The van der Waals surface area contributed by atoms with Crippen LogP contribution in [0.15, 0.2) is 72.8 Å². The summed E-state index contributed by atoms with van der Waals surface area (Å²) in [6.45, 7) is 14.0. The van der Waals surface area contributed by atoms with Crippen LogP contribution in [0.4, 0.5) is 4.39 Å². The Morgan fingerprint density at radius 1 is 0.886 bits per heavy atom. The molecule has 1 unspecified atom stereocenters. The van der Waals surface area contributed by atoms with Crippen LogP contribution in [0.3, 0.4) is 0 Å². The van der Waals surface area contributed by atoms with Gasteiger partial charge in [0.2, 0.25) is 12.3 Å². The average molecular weight is 977 g/mol. The predicted octanol–water partition coefficient (Wildman–Crippen LogP) is 8.56. The summed E-state index contributed by atoms with van der Waals surface area (Å²) < 4.78 is 29.3. The van der Waals surface area contributed by atoms with Gasteiger partial charge in [0.15, 0.2) is 12.6 Å². The van der Waals surface area contributed by atoms with Crippen molar-refractivity contribution in [1.82, 2.24) is 34.4 Å². The van der Waals surface area contributed by atoms with Gasteiger partial charge >= 0.3 is 0 Å². The number of nitrogens with zero attached hydrogens (tertiary/aromatic N) is 6. The van der Waals surface area contributed by atoms with Crippen LogP contribution in [0.5, 0.6) is 11.5 Å². The van der Waals surface area contributed by atoms with E-state index in [0.29, 0.717) is 61.6 Å². The van der Waals surface area contributed by atoms with E-state index < -0.39 is 5.92 Å². The van der Waals surface area contributed by atoms with Crippen LogP contribution in [-0.4, -0.2) is 119 Å². The number of hydrogen-bond acceptors (Lipinski definition) is 11. The minimum Gasteiger partial charge on any atom is -0.493 e. The summed E-state index contributed by atoms with van der Waals surface area (Å²) in [5, 5.41) is 18.1. The highest BCUT2D eigenvalue weighted by Gasteiger charge is 2.26. The molecule has 70 heavy (non-hydrogen) atoms. The molecule has 0 bridgehead atoms. The van der Waals surface area contributed by atoms with Gasteiger partial charge in [-0.25, -0.2) is 4.39 Å². The molecule has 370 valence electrons. The van der Waals surface area contributed by atoms with Gasteiger partial charge in [-0.2, -0.15) is 5.10 Å². The van der Waals surface area contributed by atoms with Crippen LogP contribution in [0, 0.1) is 26.6 Å². The summed E-state index contributed by atoms with van der Waals surface area (Å²) >= 11 is 6.99. The normalized spacial score (nSPS) is 13.3. The molecule has 1 atom stereocenters. The number of hydrogen-bond donors (Lipinski definition) is 2. The number of imide groups is 1. The first-order valence-corrected chi connectivity index (χ1v) is 23.9. The first-order valence-electron chi connectivity index (χ1n) is 23.5. The van der Waals surface area contributed by atoms with E-state index in [-0.39, 0.29) is 18.3 Å². The molecule has 0 radical (unpaired) electrons. The van der Waals surface area contributed by atoms with E-state index in [2.05, 4.69) is 49.8 Å². The van der Waals surface area contributed by atoms with E-state index in [9.17, 15) is 23.6 Å². The number of benzene rings is 4. The number of pyridine rings is 1. The second-order valence-corrected chi connectivity index (χ2v) is 17.7. The van der Waals surface area contributed by atoms with Gasteiger partial charge in [0, 0.05) is 92.1 Å². The largest absolute Gasteiger partial charge is 0.493 e. The van der Waals surface area contributed by atoms with E-state index >= 15 is 0 Å². The quantitative estimate of drug-likeness (QED) is 0.0627. The Balaban J connectivity index is 0.000000262. The van der Waals surface area contributed by atoms with Crippen molar-refractivity contribution in [2.45, 2.75) is 65.8 Å². The van der Waals surface area contributed by atoms with Crippen molar-refractivity contribution in [3.63, 3.8) is 0 Å². The number of carbonyl (C=O) groups is 4. The number of likely N-dealkylation sites (N-methyl/N-ethyl adjacent to an activating group) is 1. The lowest BCUT2D eigenvalue weighted by atomic mass is 9.91. The summed E-state index contributed by atoms with van der Waals surface area (Å²) in [6, 6.07) is 21.6. The van der Waals surface area contributed by atoms with Crippen molar-refractivity contribution in [2.24, 2.45) is 7.05 Å². The fourth-order valence-electron chi connectivity index (χ4n) is 9.32. The van der Waals surface area contributed by atoms with E-state index in [0.717, 1.165) is 130 Å².